The third-order valence-corrected chi connectivity index (χ3v) is 9.77. The van der Waals surface area contributed by atoms with Crippen LogP contribution >= 0.6 is 0 Å². The zero-order valence-electron chi connectivity index (χ0n) is 29.5. The van der Waals surface area contributed by atoms with Crippen LogP contribution in [0.4, 0.5) is 0 Å². The summed E-state index contributed by atoms with van der Waals surface area (Å²) in [5.41, 5.74) is 11.3. The molecule has 0 atom stereocenters. The lowest BCUT2D eigenvalue weighted by Gasteiger charge is -2.16. The Kier molecular flexibility index (Phi) is 8.60. The van der Waals surface area contributed by atoms with Crippen molar-refractivity contribution in [3.8, 4) is 28.3 Å². The summed E-state index contributed by atoms with van der Waals surface area (Å²) in [5.74, 6) is -0.147. The third-order valence-electron chi connectivity index (χ3n) is 9.77. The summed E-state index contributed by atoms with van der Waals surface area (Å²) >= 11 is 0. The molecule has 0 aliphatic carbocycles. The summed E-state index contributed by atoms with van der Waals surface area (Å²) in [6.07, 6.45) is 2.35. The number of carbonyl (C=O) groups is 2. The molecule has 53 heavy (non-hydrogen) atoms. The summed E-state index contributed by atoms with van der Waals surface area (Å²) in [4.78, 5) is 23.4. The number of aromatic nitrogens is 2. The van der Waals surface area contributed by atoms with Gasteiger partial charge in [0, 0.05) is 39.4 Å². The molecule has 0 spiro atoms. The summed E-state index contributed by atoms with van der Waals surface area (Å²) in [6.45, 7) is 9.47. The summed E-state index contributed by atoms with van der Waals surface area (Å²) in [7, 11) is 1.70. The second-order valence-electron chi connectivity index (χ2n) is 12.9. The molecule has 8 aromatic rings. The van der Waals surface area contributed by atoms with Gasteiger partial charge >= 0.3 is 11.9 Å². The molecule has 0 aliphatic heterocycles. The molecular weight excluding hydrogens is 661 g/mol. The molecule has 0 unspecified atom stereocenters. The Labute approximate surface area is 306 Å². The first-order valence-corrected chi connectivity index (χ1v) is 17.3. The monoisotopic (exact) mass is 696 g/mol. The molecule has 0 radical (unpaired) electrons. The van der Waals surface area contributed by atoms with E-state index < -0.39 is 11.9 Å². The molecule has 7 heteroatoms. The molecule has 2 heterocycles. The minimum absolute atomic E-state index is 0.170. The lowest BCUT2D eigenvalue weighted by atomic mass is 9.99. The minimum Gasteiger partial charge on any atom is -0.495 e. The first kappa shape index (κ1) is 33.3. The molecule has 6 aromatic carbocycles. The van der Waals surface area contributed by atoms with Gasteiger partial charge in [0.15, 0.2) is 0 Å². The maximum Gasteiger partial charge on any atom is 0.330 e. The Morgan fingerprint density at radius 1 is 0.604 bits per heavy atom. The van der Waals surface area contributed by atoms with Gasteiger partial charge in [-0.2, -0.15) is 0 Å². The van der Waals surface area contributed by atoms with Crippen LogP contribution in [0.2, 0.25) is 0 Å². The average Bonchev–Trinajstić information content (AvgIpc) is 3.70. The lowest BCUT2D eigenvalue weighted by Crippen LogP contribution is -2.01. The molecule has 0 saturated carbocycles. The number of esters is 2. The van der Waals surface area contributed by atoms with Crippen molar-refractivity contribution in [1.82, 2.24) is 9.13 Å². The Morgan fingerprint density at radius 2 is 1.15 bits per heavy atom. The fraction of sp³-hybridized carbons (Fsp3) is 0.0870. The maximum absolute atomic E-state index is 11.7. The quantitative estimate of drug-likeness (QED) is 0.105. The van der Waals surface area contributed by atoms with Gasteiger partial charge in [-0.3, -0.25) is 0 Å². The van der Waals surface area contributed by atoms with Crippen molar-refractivity contribution in [2.75, 3.05) is 7.11 Å². The first-order valence-electron chi connectivity index (χ1n) is 17.3. The highest BCUT2D eigenvalue weighted by Crippen LogP contribution is 2.39. The molecule has 260 valence electrons. The van der Waals surface area contributed by atoms with Crippen LogP contribution in [-0.2, 0) is 32.3 Å². The molecule has 0 bridgehead atoms. The van der Waals surface area contributed by atoms with Gasteiger partial charge in [-0.1, -0.05) is 73.8 Å². The molecule has 0 fully saturated rings. The van der Waals surface area contributed by atoms with Crippen molar-refractivity contribution in [2.24, 2.45) is 0 Å². The van der Waals surface area contributed by atoms with E-state index in [1.807, 2.05) is 30.3 Å². The van der Waals surface area contributed by atoms with E-state index in [0.717, 1.165) is 88.6 Å². The van der Waals surface area contributed by atoms with Crippen LogP contribution in [0.15, 0.2) is 147 Å². The molecule has 2 aromatic heterocycles. The lowest BCUT2D eigenvalue weighted by molar-refractivity contribution is -0.139. The van der Waals surface area contributed by atoms with Crippen molar-refractivity contribution in [3.63, 3.8) is 0 Å². The second kappa shape index (κ2) is 13.7. The van der Waals surface area contributed by atoms with Crippen LogP contribution in [0.1, 0.15) is 16.7 Å². The highest BCUT2D eigenvalue weighted by atomic mass is 16.5. The van der Waals surface area contributed by atoms with Gasteiger partial charge in [-0.25, -0.2) is 9.59 Å². The van der Waals surface area contributed by atoms with Crippen LogP contribution in [0.25, 0.3) is 66.1 Å². The molecular formula is C46H36N2O5. The first-order chi connectivity index (χ1) is 25.9. The second-order valence-corrected chi connectivity index (χ2v) is 12.9. The number of carbonyl (C=O) groups excluding carboxylic acids is 2. The van der Waals surface area contributed by atoms with E-state index in [9.17, 15) is 9.59 Å². The van der Waals surface area contributed by atoms with Crippen molar-refractivity contribution in [3.05, 3.63) is 163 Å². The van der Waals surface area contributed by atoms with E-state index in [0.29, 0.717) is 0 Å². The predicted molar refractivity (Wildman–Crippen MR) is 212 cm³/mol. The number of methoxy groups -OCH3 is 1. The predicted octanol–water partition coefficient (Wildman–Crippen LogP) is 10.3. The fourth-order valence-corrected chi connectivity index (χ4v) is 7.32. The average molecular weight is 697 g/mol. The molecule has 0 N–H and O–H groups in total. The number of ether oxygens (including phenoxy) is 3. The highest BCUT2D eigenvalue weighted by molar-refractivity contribution is 6.10. The Bertz CT molecular complexity index is 2770. The molecule has 0 saturated heterocycles. The maximum atomic E-state index is 11.7. The largest absolute Gasteiger partial charge is 0.495 e. The highest BCUT2D eigenvalue weighted by Gasteiger charge is 2.18. The van der Waals surface area contributed by atoms with Crippen LogP contribution in [0.5, 0.6) is 5.75 Å². The van der Waals surface area contributed by atoms with E-state index in [2.05, 4.69) is 120 Å². The van der Waals surface area contributed by atoms with Gasteiger partial charge in [0.2, 0.25) is 0 Å². The number of hydrogen-bond donors (Lipinski definition) is 0. The number of aryl methyl sites for hydroxylation is 1. The number of fused-ring (bicyclic) bond motifs is 6. The zero-order chi connectivity index (χ0) is 36.6. The smallest absolute Gasteiger partial charge is 0.330 e. The zero-order valence-corrected chi connectivity index (χ0v) is 29.5. The van der Waals surface area contributed by atoms with E-state index >= 15 is 0 Å². The topological polar surface area (TPSA) is 71.7 Å². The number of hydrogen-bond acceptors (Lipinski definition) is 5. The van der Waals surface area contributed by atoms with Gasteiger partial charge < -0.3 is 23.3 Å². The van der Waals surface area contributed by atoms with Crippen LogP contribution in [0, 0.1) is 6.92 Å². The van der Waals surface area contributed by atoms with Crippen molar-refractivity contribution in [1.29, 1.82) is 0 Å². The number of para-hydroxylation sites is 2. The van der Waals surface area contributed by atoms with E-state index in [1.165, 1.54) is 12.2 Å². The van der Waals surface area contributed by atoms with E-state index in [4.69, 9.17) is 14.2 Å². The van der Waals surface area contributed by atoms with Crippen LogP contribution < -0.4 is 4.74 Å². The minimum atomic E-state index is -0.450. The van der Waals surface area contributed by atoms with Gasteiger partial charge in [0.05, 0.1) is 34.9 Å². The van der Waals surface area contributed by atoms with E-state index in [1.54, 1.807) is 7.11 Å². The standard InChI is InChI=1S/C46H36N2O5/c1-5-45(49)52-27-30-15-20-41-37(24-30)35-11-7-9-13-39(35)47(41)33-18-19-34(29(3)23-33)32-17-22-43(44(26-32)51-4)48-40-14-10-8-12-36(40)38-25-31(16-21-42(38)48)28-53-46(50)6-2/h5-26H,1-2,27-28H2,3-4H3. The van der Waals surface area contributed by atoms with Crippen molar-refractivity contribution in [2.45, 2.75) is 20.1 Å². The molecule has 0 aliphatic rings. The Balaban J connectivity index is 1.17. The Morgan fingerprint density at radius 3 is 1.72 bits per heavy atom. The van der Waals surface area contributed by atoms with Gasteiger partial charge in [-0.05, 0) is 95.4 Å². The van der Waals surface area contributed by atoms with Crippen molar-refractivity contribution >= 4 is 55.6 Å². The summed E-state index contributed by atoms with van der Waals surface area (Å²) < 4.78 is 21.2. The van der Waals surface area contributed by atoms with Crippen molar-refractivity contribution < 1.29 is 23.8 Å². The summed E-state index contributed by atoms with van der Waals surface area (Å²) in [6, 6.07) is 41.8. The SMILES string of the molecule is C=CC(=O)OCc1ccc2c(c1)c1ccccc1n2-c1ccc(-c2ccc(-n3c4ccccc4c4cc(COC(=O)C=C)ccc43)c(OC)c2)c(C)c1. The Hall–Kier alpha value is -6.86. The number of rotatable bonds is 10. The van der Waals surface area contributed by atoms with Crippen LogP contribution in [0.3, 0.4) is 0 Å². The normalized spacial score (nSPS) is 11.3. The fourth-order valence-electron chi connectivity index (χ4n) is 7.32. The van der Waals surface area contributed by atoms with E-state index in [-0.39, 0.29) is 13.2 Å². The molecule has 0 amide bonds. The van der Waals surface area contributed by atoms with Gasteiger partial charge in [0.1, 0.15) is 19.0 Å². The molecule has 8 rings (SSSR count). The summed E-state index contributed by atoms with van der Waals surface area (Å²) in [5, 5.41) is 4.36. The number of nitrogens with zero attached hydrogens (tertiary/aromatic N) is 2. The van der Waals surface area contributed by atoms with Gasteiger partial charge in [-0.15, -0.1) is 0 Å². The van der Waals surface area contributed by atoms with Crippen LogP contribution in [-0.4, -0.2) is 28.2 Å². The van der Waals surface area contributed by atoms with Gasteiger partial charge in [0.25, 0.3) is 0 Å². The molecule has 7 nitrogen and oxygen atoms in total. The third kappa shape index (κ3) is 5.92. The number of benzene rings is 6.